The van der Waals surface area contributed by atoms with Crippen LogP contribution in [-0.4, -0.2) is 57.9 Å². The van der Waals surface area contributed by atoms with E-state index < -0.39 is 12.5 Å². The van der Waals surface area contributed by atoms with Gasteiger partial charge in [-0.15, -0.1) is 0 Å². The minimum absolute atomic E-state index is 0.00794. The zero-order valence-corrected chi connectivity index (χ0v) is 21.3. The number of nitrogens with zero attached hydrogens (tertiary/aromatic N) is 5. The summed E-state index contributed by atoms with van der Waals surface area (Å²) < 4.78 is 43.0. The van der Waals surface area contributed by atoms with Crippen molar-refractivity contribution >= 4 is 23.5 Å². The summed E-state index contributed by atoms with van der Waals surface area (Å²) in [5.41, 5.74) is 0.0102. The fourth-order valence-electron chi connectivity index (χ4n) is 4.25. The molecule has 1 aliphatic carbocycles. The maximum atomic E-state index is 13.2. The second kappa shape index (κ2) is 11.7. The van der Waals surface area contributed by atoms with Gasteiger partial charge >= 0.3 is 6.61 Å². The first-order valence-corrected chi connectivity index (χ1v) is 12.6. The summed E-state index contributed by atoms with van der Waals surface area (Å²) in [7, 11) is 1.69. The lowest BCUT2D eigenvalue weighted by Gasteiger charge is -2.28. The summed E-state index contributed by atoms with van der Waals surface area (Å²) in [5.74, 6) is 0.256. The Morgan fingerprint density at radius 1 is 1.13 bits per heavy atom. The van der Waals surface area contributed by atoms with Crippen LogP contribution in [-0.2, 0) is 16.6 Å². The molecule has 2 aliphatic rings. The largest absolute Gasteiger partial charge is 0.437 e. The van der Waals surface area contributed by atoms with E-state index in [4.69, 9.17) is 9.47 Å². The van der Waals surface area contributed by atoms with Crippen molar-refractivity contribution in [3.05, 3.63) is 48.4 Å². The molecule has 1 N–H and O–H groups in total. The third kappa shape index (κ3) is 7.05. The number of carbonyl (C=O) groups excluding carboxylic acids is 2. The topological polar surface area (TPSA) is 121 Å². The normalized spacial score (nSPS) is 15.7. The van der Waals surface area contributed by atoms with Crippen LogP contribution < -0.4 is 19.7 Å². The fourth-order valence-corrected chi connectivity index (χ4v) is 4.25. The molecule has 3 heterocycles. The Balaban J connectivity index is 1.33. The summed E-state index contributed by atoms with van der Waals surface area (Å²) in [6, 6.07) is 5.34. The number of ether oxygens (including phenoxy) is 3. The van der Waals surface area contributed by atoms with Crippen LogP contribution in [0.3, 0.4) is 0 Å². The number of benzene rings is 1. The number of aryl methyl sites for hydroxylation is 1. The zero-order valence-electron chi connectivity index (χ0n) is 21.3. The van der Waals surface area contributed by atoms with E-state index in [1.165, 1.54) is 35.3 Å². The number of carbonyl (C=O) groups is 2. The fraction of sp³-hybridized carbons (Fsp3) is 0.423. The molecular formula is C26H28F2N6O5. The number of anilines is 2. The molecule has 1 aromatic carbocycles. The molecule has 2 amide bonds. The Hall–Kier alpha value is -4.13. The molecule has 1 saturated heterocycles. The molecule has 0 spiro atoms. The van der Waals surface area contributed by atoms with Crippen LogP contribution in [0.2, 0.25) is 0 Å². The summed E-state index contributed by atoms with van der Waals surface area (Å²) >= 11 is 0. The van der Waals surface area contributed by atoms with Crippen molar-refractivity contribution in [2.75, 3.05) is 30.0 Å². The predicted octanol–water partition coefficient (Wildman–Crippen LogP) is 4.03. The van der Waals surface area contributed by atoms with E-state index in [9.17, 15) is 18.4 Å². The molecule has 0 atom stereocenters. The van der Waals surface area contributed by atoms with Gasteiger partial charge in [-0.25, -0.2) is 9.97 Å². The average molecular weight is 543 g/mol. The number of halogens is 2. The Morgan fingerprint density at radius 2 is 1.90 bits per heavy atom. The van der Waals surface area contributed by atoms with Crippen molar-refractivity contribution in [1.82, 2.24) is 19.7 Å². The quantitative estimate of drug-likeness (QED) is 0.408. The van der Waals surface area contributed by atoms with Gasteiger partial charge in [0.05, 0.1) is 12.4 Å². The molecule has 39 heavy (non-hydrogen) atoms. The Labute approximate surface area is 223 Å². The van der Waals surface area contributed by atoms with Crippen molar-refractivity contribution in [2.45, 2.75) is 32.3 Å². The molecule has 1 saturated carbocycles. The Bertz CT molecular complexity index is 1310. The molecule has 1 aliphatic heterocycles. The van der Waals surface area contributed by atoms with Crippen LogP contribution in [0.1, 0.15) is 36.0 Å². The Kier molecular flexibility index (Phi) is 7.96. The van der Waals surface area contributed by atoms with Gasteiger partial charge in [0.1, 0.15) is 11.5 Å². The third-order valence-electron chi connectivity index (χ3n) is 6.41. The number of amides is 2. The molecule has 13 heteroatoms. The maximum absolute atomic E-state index is 13.2. The SMILES string of the molecule is Cn1ccc(NC(=O)c2cc(Oc3cnc(N(CC4CC4)C(=O)C4CCOCC4)cn3)cc(OC(F)F)c2)n1. The number of hydrogen-bond acceptors (Lipinski definition) is 8. The van der Waals surface area contributed by atoms with Gasteiger partial charge in [0.25, 0.3) is 5.91 Å². The number of nitrogens with one attached hydrogen (secondary N) is 1. The molecule has 11 nitrogen and oxygen atoms in total. The van der Waals surface area contributed by atoms with Gasteiger partial charge in [-0.2, -0.15) is 13.9 Å². The standard InChI is InChI=1S/C26H28F2N6O5/c1-33-7-4-21(32-33)31-24(35)18-10-19(12-20(11-18)39-26(27)28)38-23-14-29-22(13-30-23)34(15-16-2-3-16)25(36)17-5-8-37-9-6-17/h4,7,10-14,16-17,26H,2-3,5-6,8-9,15H2,1H3,(H,31,32,35). The highest BCUT2D eigenvalue weighted by molar-refractivity contribution is 6.04. The van der Waals surface area contributed by atoms with E-state index in [0.717, 1.165) is 12.8 Å². The number of alkyl halides is 2. The van der Waals surface area contributed by atoms with Gasteiger partial charge in [0.2, 0.25) is 11.8 Å². The lowest BCUT2D eigenvalue weighted by atomic mass is 9.98. The first-order chi connectivity index (χ1) is 18.8. The molecule has 0 unspecified atom stereocenters. The number of rotatable bonds is 10. The lowest BCUT2D eigenvalue weighted by molar-refractivity contribution is -0.125. The zero-order chi connectivity index (χ0) is 27.4. The number of aromatic nitrogens is 4. The molecule has 0 radical (unpaired) electrons. The average Bonchev–Trinajstić information content (AvgIpc) is 3.66. The highest BCUT2D eigenvalue weighted by atomic mass is 19.3. The van der Waals surface area contributed by atoms with E-state index in [1.807, 2.05) is 0 Å². The second-order valence-corrected chi connectivity index (χ2v) is 9.49. The monoisotopic (exact) mass is 542 g/mol. The Morgan fingerprint density at radius 3 is 2.54 bits per heavy atom. The van der Waals surface area contributed by atoms with E-state index in [1.54, 1.807) is 24.2 Å². The second-order valence-electron chi connectivity index (χ2n) is 9.49. The molecule has 3 aromatic rings. The van der Waals surface area contributed by atoms with E-state index in [2.05, 4.69) is 25.1 Å². The van der Waals surface area contributed by atoms with Gasteiger partial charge in [-0.1, -0.05) is 0 Å². The van der Waals surface area contributed by atoms with Crippen LogP contribution in [0.4, 0.5) is 20.4 Å². The van der Waals surface area contributed by atoms with Crippen molar-refractivity contribution in [3.8, 4) is 17.4 Å². The highest BCUT2D eigenvalue weighted by Gasteiger charge is 2.33. The summed E-state index contributed by atoms with van der Waals surface area (Å²) in [5, 5.41) is 6.66. The van der Waals surface area contributed by atoms with E-state index >= 15 is 0 Å². The van der Waals surface area contributed by atoms with Gasteiger partial charge in [-0.05, 0) is 43.7 Å². The first kappa shape index (κ1) is 26.5. The molecule has 2 aromatic heterocycles. The summed E-state index contributed by atoms with van der Waals surface area (Å²) in [6.45, 7) is -1.41. The van der Waals surface area contributed by atoms with Crippen LogP contribution in [0.5, 0.6) is 17.4 Å². The molecule has 2 fully saturated rings. The highest BCUT2D eigenvalue weighted by Crippen LogP contribution is 2.33. The van der Waals surface area contributed by atoms with Gasteiger partial charge in [0.15, 0.2) is 11.6 Å². The minimum Gasteiger partial charge on any atom is -0.437 e. The summed E-state index contributed by atoms with van der Waals surface area (Å²) in [4.78, 5) is 36.4. The molecule has 0 bridgehead atoms. The van der Waals surface area contributed by atoms with Crippen LogP contribution in [0.25, 0.3) is 0 Å². The predicted molar refractivity (Wildman–Crippen MR) is 135 cm³/mol. The van der Waals surface area contributed by atoms with Crippen molar-refractivity contribution in [3.63, 3.8) is 0 Å². The number of hydrogen-bond donors (Lipinski definition) is 1. The van der Waals surface area contributed by atoms with Crippen LogP contribution in [0.15, 0.2) is 42.9 Å². The maximum Gasteiger partial charge on any atom is 0.387 e. The van der Waals surface area contributed by atoms with Crippen molar-refractivity contribution < 1.29 is 32.6 Å². The lowest BCUT2D eigenvalue weighted by Crippen LogP contribution is -2.40. The third-order valence-corrected chi connectivity index (χ3v) is 6.41. The van der Waals surface area contributed by atoms with Gasteiger partial charge < -0.3 is 19.5 Å². The molecule has 206 valence electrons. The van der Waals surface area contributed by atoms with Crippen molar-refractivity contribution in [2.24, 2.45) is 18.9 Å². The minimum atomic E-state index is -3.10. The van der Waals surface area contributed by atoms with Gasteiger partial charge in [-0.3, -0.25) is 19.2 Å². The molecule has 5 rings (SSSR count). The first-order valence-electron chi connectivity index (χ1n) is 12.6. The van der Waals surface area contributed by atoms with Crippen LogP contribution >= 0.6 is 0 Å². The van der Waals surface area contributed by atoms with E-state index in [-0.39, 0.29) is 40.6 Å². The van der Waals surface area contributed by atoms with Crippen molar-refractivity contribution in [1.29, 1.82) is 0 Å². The van der Waals surface area contributed by atoms with E-state index in [0.29, 0.717) is 44.3 Å². The summed E-state index contributed by atoms with van der Waals surface area (Å²) in [6.07, 6.45) is 7.92. The van der Waals surface area contributed by atoms with Crippen LogP contribution in [0, 0.1) is 11.8 Å². The van der Waals surface area contributed by atoms with Gasteiger partial charge in [0, 0.05) is 56.6 Å². The smallest absolute Gasteiger partial charge is 0.387 e. The molecular weight excluding hydrogens is 514 g/mol.